The molecule has 5 heteroatoms. The van der Waals surface area contributed by atoms with E-state index < -0.39 is 0 Å². The minimum absolute atomic E-state index is 0.101. The van der Waals surface area contributed by atoms with Gasteiger partial charge in [0.1, 0.15) is 11.5 Å². The number of ether oxygens (including phenoxy) is 2. The van der Waals surface area contributed by atoms with Crippen molar-refractivity contribution in [3.63, 3.8) is 0 Å². The first kappa shape index (κ1) is 17.0. The highest BCUT2D eigenvalue weighted by Gasteiger charge is 2.16. The first-order chi connectivity index (χ1) is 13.3. The van der Waals surface area contributed by atoms with Gasteiger partial charge in [-0.1, -0.05) is 48.5 Å². The lowest BCUT2D eigenvalue weighted by Gasteiger charge is -2.11. The van der Waals surface area contributed by atoms with E-state index in [0.29, 0.717) is 17.9 Å². The molecule has 0 radical (unpaired) electrons. The van der Waals surface area contributed by atoms with Crippen molar-refractivity contribution in [2.75, 3.05) is 13.8 Å². The van der Waals surface area contributed by atoms with Crippen LogP contribution in [0.25, 0.3) is 21.8 Å². The number of methoxy groups -OCH3 is 1. The smallest absolute Gasteiger partial charge is 0.209 e. The largest absolute Gasteiger partial charge is 0.497 e. The van der Waals surface area contributed by atoms with Crippen molar-refractivity contribution in [2.45, 2.75) is 6.54 Å². The number of carbonyl (C=O) groups excluding carboxylic acids is 1. The predicted molar refractivity (Wildman–Crippen MR) is 106 cm³/mol. The van der Waals surface area contributed by atoms with Gasteiger partial charge in [-0.2, -0.15) is 0 Å². The minimum atomic E-state index is 0.101. The Morgan fingerprint density at radius 3 is 2.56 bits per heavy atom. The SMILES string of the molecule is COc1cc(OCNC=O)c2c3ccccc3n(Cc3ccccc3)c2c1. The standard InChI is InChI=1S/C22H20N2O3/c1-26-17-11-20-22(21(12-17)27-15-23-14-25)18-9-5-6-10-19(18)24(20)13-16-7-3-2-4-8-16/h2-12,14H,13,15H2,1H3,(H,23,25). The van der Waals surface area contributed by atoms with Crippen molar-refractivity contribution in [1.29, 1.82) is 0 Å². The number of benzene rings is 3. The predicted octanol–water partition coefficient (Wildman–Crippen LogP) is 3.93. The molecule has 0 spiro atoms. The monoisotopic (exact) mass is 360 g/mol. The molecule has 1 amide bonds. The average molecular weight is 360 g/mol. The summed E-state index contributed by atoms with van der Waals surface area (Å²) in [5.41, 5.74) is 3.37. The summed E-state index contributed by atoms with van der Waals surface area (Å²) in [5, 5.41) is 4.66. The summed E-state index contributed by atoms with van der Waals surface area (Å²) < 4.78 is 13.6. The number of fused-ring (bicyclic) bond motifs is 3. The summed E-state index contributed by atoms with van der Waals surface area (Å²) in [6, 6.07) is 22.5. The van der Waals surface area contributed by atoms with Crippen LogP contribution in [0.5, 0.6) is 11.5 Å². The van der Waals surface area contributed by atoms with Gasteiger partial charge < -0.3 is 19.4 Å². The van der Waals surface area contributed by atoms with Crippen LogP contribution in [0.4, 0.5) is 0 Å². The van der Waals surface area contributed by atoms with Crippen molar-refractivity contribution in [2.24, 2.45) is 0 Å². The lowest BCUT2D eigenvalue weighted by atomic mass is 10.1. The van der Waals surface area contributed by atoms with E-state index in [9.17, 15) is 4.79 Å². The van der Waals surface area contributed by atoms with Crippen molar-refractivity contribution < 1.29 is 14.3 Å². The van der Waals surface area contributed by atoms with Crippen LogP contribution in [-0.4, -0.2) is 24.8 Å². The van der Waals surface area contributed by atoms with Crippen LogP contribution >= 0.6 is 0 Å². The first-order valence-corrected chi connectivity index (χ1v) is 8.74. The van der Waals surface area contributed by atoms with E-state index in [4.69, 9.17) is 9.47 Å². The zero-order valence-electron chi connectivity index (χ0n) is 15.0. The maximum atomic E-state index is 10.6. The van der Waals surface area contributed by atoms with Gasteiger partial charge in [0.25, 0.3) is 0 Å². The van der Waals surface area contributed by atoms with Gasteiger partial charge in [-0.25, -0.2) is 0 Å². The summed E-state index contributed by atoms with van der Waals surface area (Å²) in [7, 11) is 1.64. The molecule has 0 saturated carbocycles. The zero-order valence-corrected chi connectivity index (χ0v) is 15.0. The Hall–Kier alpha value is -3.47. The molecule has 0 unspecified atom stereocenters. The van der Waals surface area contributed by atoms with Gasteiger partial charge >= 0.3 is 0 Å². The Labute approximate surface area is 157 Å². The van der Waals surface area contributed by atoms with E-state index in [1.165, 1.54) is 5.56 Å². The van der Waals surface area contributed by atoms with E-state index >= 15 is 0 Å². The molecule has 3 aromatic carbocycles. The second-order valence-electron chi connectivity index (χ2n) is 6.22. The molecule has 0 aliphatic heterocycles. The molecule has 1 aromatic heterocycles. The van der Waals surface area contributed by atoms with Crippen molar-refractivity contribution in [3.05, 3.63) is 72.3 Å². The minimum Gasteiger partial charge on any atom is -0.497 e. The molecule has 0 atom stereocenters. The summed E-state index contributed by atoms with van der Waals surface area (Å²) in [5.74, 6) is 1.39. The Balaban J connectivity index is 1.95. The summed E-state index contributed by atoms with van der Waals surface area (Å²) >= 11 is 0. The van der Waals surface area contributed by atoms with Gasteiger partial charge in [0.05, 0.1) is 12.6 Å². The molecule has 136 valence electrons. The van der Waals surface area contributed by atoms with E-state index in [2.05, 4.69) is 34.1 Å². The summed E-state index contributed by atoms with van der Waals surface area (Å²) in [4.78, 5) is 10.6. The molecule has 0 bridgehead atoms. The van der Waals surface area contributed by atoms with Crippen LogP contribution in [0.3, 0.4) is 0 Å². The van der Waals surface area contributed by atoms with E-state index in [0.717, 1.165) is 28.4 Å². The maximum Gasteiger partial charge on any atom is 0.209 e. The maximum absolute atomic E-state index is 10.6. The lowest BCUT2D eigenvalue weighted by molar-refractivity contribution is -0.110. The van der Waals surface area contributed by atoms with Gasteiger partial charge in [0.15, 0.2) is 6.73 Å². The molecule has 4 aromatic rings. The molecule has 1 heterocycles. The van der Waals surface area contributed by atoms with Crippen LogP contribution in [-0.2, 0) is 11.3 Å². The van der Waals surface area contributed by atoms with Gasteiger partial charge in [-0.15, -0.1) is 0 Å². The number of carbonyl (C=O) groups is 1. The van der Waals surface area contributed by atoms with Crippen molar-refractivity contribution >= 4 is 28.2 Å². The summed E-state index contributed by atoms with van der Waals surface area (Å²) in [6.45, 7) is 0.841. The van der Waals surface area contributed by atoms with Crippen LogP contribution in [0.15, 0.2) is 66.7 Å². The normalized spacial score (nSPS) is 10.9. The van der Waals surface area contributed by atoms with Crippen molar-refractivity contribution in [3.8, 4) is 11.5 Å². The number of amides is 1. The highest BCUT2D eigenvalue weighted by molar-refractivity contribution is 6.11. The van der Waals surface area contributed by atoms with E-state index in [1.54, 1.807) is 7.11 Å². The van der Waals surface area contributed by atoms with E-state index in [-0.39, 0.29) is 6.73 Å². The number of hydrogen-bond donors (Lipinski definition) is 1. The van der Waals surface area contributed by atoms with Crippen LogP contribution < -0.4 is 14.8 Å². The molecule has 27 heavy (non-hydrogen) atoms. The second-order valence-corrected chi connectivity index (χ2v) is 6.22. The average Bonchev–Trinajstić information content (AvgIpc) is 3.03. The van der Waals surface area contributed by atoms with Crippen LogP contribution in [0.2, 0.25) is 0 Å². The van der Waals surface area contributed by atoms with Gasteiger partial charge in [-0.05, 0) is 11.6 Å². The van der Waals surface area contributed by atoms with Gasteiger partial charge in [0, 0.05) is 35.0 Å². The molecule has 0 aliphatic carbocycles. The zero-order chi connectivity index (χ0) is 18.6. The first-order valence-electron chi connectivity index (χ1n) is 8.74. The molecular formula is C22H20N2O3. The fourth-order valence-corrected chi connectivity index (χ4v) is 3.43. The number of hydrogen-bond acceptors (Lipinski definition) is 3. The number of nitrogens with zero attached hydrogens (tertiary/aromatic N) is 1. The Bertz CT molecular complexity index is 1090. The quantitative estimate of drug-likeness (QED) is 0.309. The van der Waals surface area contributed by atoms with Crippen LogP contribution in [0.1, 0.15) is 5.56 Å². The fraction of sp³-hybridized carbons (Fsp3) is 0.136. The van der Waals surface area contributed by atoms with Crippen LogP contribution in [0, 0.1) is 0 Å². The molecular weight excluding hydrogens is 340 g/mol. The third kappa shape index (κ3) is 3.19. The Morgan fingerprint density at radius 1 is 1.00 bits per heavy atom. The lowest BCUT2D eigenvalue weighted by Crippen LogP contribution is -2.17. The molecule has 5 nitrogen and oxygen atoms in total. The number of nitrogens with one attached hydrogen (secondary N) is 1. The Morgan fingerprint density at radius 2 is 1.78 bits per heavy atom. The molecule has 0 fully saturated rings. The van der Waals surface area contributed by atoms with Gasteiger partial charge in [-0.3, -0.25) is 4.79 Å². The topological polar surface area (TPSA) is 52.5 Å². The third-order valence-corrected chi connectivity index (χ3v) is 4.62. The number of rotatable bonds is 7. The Kier molecular flexibility index (Phi) is 4.66. The van der Waals surface area contributed by atoms with Crippen molar-refractivity contribution in [1.82, 2.24) is 9.88 Å². The van der Waals surface area contributed by atoms with E-state index in [1.807, 2.05) is 42.5 Å². The summed E-state index contributed by atoms with van der Waals surface area (Å²) in [6.07, 6.45) is 0.621. The number of aromatic nitrogens is 1. The number of para-hydroxylation sites is 1. The third-order valence-electron chi connectivity index (χ3n) is 4.62. The second kappa shape index (κ2) is 7.41. The van der Waals surface area contributed by atoms with Gasteiger partial charge in [0.2, 0.25) is 6.41 Å². The molecule has 4 rings (SSSR count). The highest BCUT2D eigenvalue weighted by Crippen LogP contribution is 2.39. The molecule has 1 N–H and O–H groups in total. The highest BCUT2D eigenvalue weighted by atomic mass is 16.5. The molecule has 0 saturated heterocycles. The molecule has 0 aliphatic rings. The fourth-order valence-electron chi connectivity index (χ4n) is 3.43.